The van der Waals surface area contributed by atoms with Gasteiger partial charge in [-0.15, -0.1) is 0 Å². The van der Waals surface area contributed by atoms with Crippen LogP contribution in [0.25, 0.3) is 0 Å². The average Bonchev–Trinajstić information content (AvgIpc) is 2.38. The van der Waals surface area contributed by atoms with Crippen LogP contribution < -0.4 is 0 Å². The number of carbonyl (C=O) groups excluding carboxylic acids is 1. The van der Waals surface area contributed by atoms with Crippen molar-refractivity contribution in [2.75, 3.05) is 0 Å². The van der Waals surface area contributed by atoms with Gasteiger partial charge in [0.2, 0.25) is 0 Å². The number of aliphatic imine (C=N–C) groups is 1. The molecule has 1 rings (SSSR count). The molecule has 1 aromatic carbocycles. The first kappa shape index (κ1) is 18.4. The highest BCUT2D eigenvalue weighted by Gasteiger charge is 2.22. The molecule has 1 N–H and O–H groups in total. The zero-order valence-corrected chi connectivity index (χ0v) is 14.4. The number of benzene rings is 1. The van der Waals surface area contributed by atoms with Crippen LogP contribution in [-0.4, -0.2) is 28.9 Å². The predicted octanol–water partition coefficient (Wildman–Crippen LogP) is 3.59. The fourth-order valence-electron chi connectivity index (χ4n) is 1.98. The first-order chi connectivity index (χ1) is 10.1. The Kier molecular flexibility index (Phi) is 6.30. The lowest BCUT2D eigenvalue weighted by Gasteiger charge is -2.21. The van der Waals surface area contributed by atoms with E-state index in [1.165, 1.54) is 0 Å². The van der Waals surface area contributed by atoms with Crippen molar-refractivity contribution >= 4 is 12.2 Å². The second-order valence-corrected chi connectivity index (χ2v) is 6.53. The highest BCUT2D eigenvalue weighted by molar-refractivity contribution is 5.85. The molecule has 0 spiro atoms. The van der Waals surface area contributed by atoms with Crippen LogP contribution in [0, 0.1) is 6.92 Å². The Labute approximate surface area is 133 Å². The molecule has 0 fully saturated rings. The van der Waals surface area contributed by atoms with Crippen LogP contribution in [0.15, 0.2) is 23.2 Å². The minimum Gasteiger partial charge on any atom is -0.458 e. The molecule has 22 heavy (non-hydrogen) atoms. The fraction of sp³-hybridized carbons (Fsp3) is 0.556. The van der Waals surface area contributed by atoms with E-state index in [-0.39, 0.29) is 5.97 Å². The van der Waals surface area contributed by atoms with Crippen molar-refractivity contribution in [3.8, 4) is 0 Å². The third-order valence-corrected chi connectivity index (χ3v) is 3.24. The molecule has 2 unspecified atom stereocenters. The quantitative estimate of drug-likeness (QED) is 0.668. The van der Waals surface area contributed by atoms with Gasteiger partial charge in [-0.1, -0.05) is 25.1 Å². The number of hydrogen-bond acceptors (Lipinski definition) is 4. The number of nitrogens with zero attached hydrogens (tertiary/aromatic N) is 1. The van der Waals surface area contributed by atoms with E-state index >= 15 is 0 Å². The molecule has 0 aliphatic rings. The van der Waals surface area contributed by atoms with Gasteiger partial charge in [0.05, 0.1) is 6.10 Å². The van der Waals surface area contributed by atoms with Crippen LogP contribution in [0.1, 0.15) is 63.8 Å². The standard InChI is InChI=1S/C18H27NO3/c1-7-16(17(21)22-18(4,5)6)19-11-15-9-8-14(13(3)20)10-12(15)2/h8-11,13,16,20H,7H2,1-6H3. The van der Waals surface area contributed by atoms with Gasteiger partial charge < -0.3 is 9.84 Å². The fourth-order valence-corrected chi connectivity index (χ4v) is 1.98. The van der Waals surface area contributed by atoms with Crippen molar-refractivity contribution < 1.29 is 14.6 Å². The maximum atomic E-state index is 12.1. The lowest BCUT2D eigenvalue weighted by Crippen LogP contribution is -2.30. The van der Waals surface area contributed by atoms with Crippen molar-refractivity contribution in [3.05, 3.63) is 34.9 Å². The highest BCUT2D eigenvalue weighted by Crippen LogP contribution is 2.17. The molecular formula is C18H27NO3. The van der Waals surface area contributed by atoms with Crippen molar-refractivity contribution in [2.45, 2.75) is 65.7 Å². The van der Waals surface area contributed by atoms with Crippen LogP contribution in [0.4, 0.5) is 0 Å². The Morgan fingerprint density at radius 1 is 1.41 bits per heavy atom. The Bertz CT molecular complexity index is 542. The third-order valence-electron chi connectivity index (χ3n) is 3.24. The summed E-state index contributed by atoms with van der Waals surface area (Å²) < 4.78 is 5.37. The van der Waals surface area contributed by atoms with E-state index < -0.39 is 17.7 Å². The SMILES string of the molecule is CCC(N=Cc1ccc(C(C)O)cc1C)C(=O)OC(C)(C)C. The lowest BCUT2D eigenvalue weighted by molar-refractivity contribution is -0.156. The summed E-state index contributed by atoms with van der Waals surface area (Å²) in [4.78, 5) is 16.4. The molecule has 0 saturated carbocycles. The third kappa shape index (κ3) is 5.60. The van der Waals surface area contributed by atoms with Crippen molar-refractivity contribution in [3.63, 3.8) is 0 Å². The molecule has 0 amide bonds. The minimum absolute atomic E-state index is 0.301. The second kappa shape index (κ2) is 7.54. The van der Waals surface area contributed by atoms with Crippen LogP contribution in [0.3, 0.4) is 0 Å². The van der Waals surface area contributed by atoms with E-state index in [2.05, 4.69) is 4.99 Å². The summed E-state index contributed by atoms with van der Waals surface area (Å²) in [5, 5.41) is 9.58. The number of aliphatic hydroxyl groups excluding tert-OH is 1. The molecule has 1 aromatic rings. The van der Waals surface area contributed by atoms with Crippen LogP contribution in [-0.2, 0) is 9.53 Å². The summed E-state index contributed by atoms with van der Waals surface area (Å²) in [6.45, 7) is 11.1. The van der Waals surface area contributed by atoms with Gasteiger partial charge in [0.25, 0.3) is 0 Å². The largest absolute Gasteiger partial charge is 0.458 e. The van der Waals surface area contributed by atoms with Gasteiger partial charge in [-0.05, 0) is 57.7 Å². The minimum atomic E-state index is -0.505. The van der Waals surface area contributed by atoms with E-state index in [4.69, 9.17) is 4.74 Å². The zero-order valence-electron chi connectivity index (χ0n) is 14.4. The number of carbonyl (C=O) groups is 1. The lowest BCUT2D eigenvalue weighted by atomic mass is 10.0. The summed E-state index contributed by atoms with van der Waals surface area (Å²) in [5.41, 5.74) is 2.32. The number of esters is 1. The number of rotatable bonds is 5. The van der Waals surface area contributed by atoms with Crippen LogP contribution in [0.2, 0.25) is 0 Å². The van der Waals surface area contributed by atoms with Crippen LogP contribution in [0.5, 0.6) is 0 Å². The zero-order chi connectivity index (χ0) is 16.9. The predicted molar refractivity (Wildman–Crippen MR) is 89.3 cm³/mol. The summed E-state index contributed by atoms with van der Waals surface area (Å²) in [6, 6.07) is 5.21. The van der Waals surface area contributed by atoms with Gasteiger partial charge in [0, 0.05) is 6.21 Å². The van der Waals surface area contributed by atoms with Gasteiger partial charge in [0.15, 0.2) is 0 Å². The summed E-state index contributed by atoms with van der Waals surface area (Å²) >= 11 is 0. The molecule has 0 saturated heterocycles. The van der Waals surface area contributed by atoms with Crippen LogP contribution >= 0.6 is 0 Å². The molecule has 0 bridgehead atoms. The maximum Gasteiger partial charge on any atom is 0.331 e. The monoisotopic (exact) mass is 305 g/mol. The molecule has 0 aromatic heterocycles. The van der Waals surface area contributed by atoms with Gasteiger partial charge >= 0.3 is 5.97 Å². The Hall–Kier alpha value is -1.68. The maximum absolute atomic E-state index is 12.1. The summed E-state index contributed by atoms with van der Waals surface area (Å²) in [7, 11) is 0. The Morgan fingerprint density at radius 2 is 2.05 bits per heavy atom. The van der Waals surface area contributed by atoms with Crippen molar-refractivity contribution in [1.29, 1.82) is 0 Å². The number of ether oxygens (including phenoxy) is 1. The number of hydrogen-bond donors (Lipinski definition) is 1. The van der Waals surface area contributed by atoms with Crippen molar-refractivity contribution in [2.24, 2.45) is 4.99 Å². The molecule has 122 valence electrons. The first-order valence-electron chi connectivity index (χ1n) is 7.68. The smallest absolute Gasteiger partial charge is 0.331 e. The normalized spacial score (nSPS) is 14.9. The van der Waals surface area contributed by atoms with Gasteiger partial charge in [-0.3, -0.25) is 4.99 Å². The first-order valence-corrected chi connectivity index (χ1v) is 7.68. The molecule has 4 nitrogen and oxygen atoms in total. The average molecular weight is 305 g/mol. The molecule has 0 heterocycles. The Morgan fingerprint density at radius 3 is 2.50 bits per heavy atom. The Balaban J connectivity index is 2.87. The van der Waals surface area contributed by atoms with E-state index in [1.54, 1.807) is 13.1 Å². The van der Waals surface area contributed by atoms with E-state index in [0.717, 1.165) is 16.7 Å². The van der Waals surface area contributed by atoms with Gasteiger partial charge in [-0.2, -0.15) is 0 Å². The molecule has 2 atom stereocenters. The van der Waals surface area contributed by atoms with Gasteiger partial charge in [-0.25, -0.2) is 4.79 Å². The summed E-state index contributed by atoms with van der Waals surface area (Å²) in [6.07, 6.45) is 1.81. The van der Waals surface area contributed by atoms with Crippen molar-refractivity contribution in [1.82, 2.24) is 0 Å². The molecule has 4 heteroatoms. The summed E-state index contributed by atoms with van der Waals surface area (Å²) in [5.74, 6) is -0.301. The molecular weight excluding hydrogens is 278 g/mol. The van der Waals surface area contributed by atoms with Gasteiger partial charge in [0.1, 0.15) is 11.6 Å². The molecule has 0 radical (unpaired) electrons. The van der Waals surface area contributed by atoms with E-state index in [9.17, 15) is 9.90 Å². The van der Waals surface area contributed by atoms with E-state index in [0.29, 0.717) is 6.42 Å². The molecule has 0 aliphatic carbocycles. The molecule has 0 aliphatic heterocycles. The highest BCUT2D eigenvalue weighted by atomic mass is 16.6. The number of aliphatic hydroxyl groups is 1. The second-order valence-electron chi connectivity index (χ2n) is 6.53. The van der Waals surface area contributed by atoms with E-state index in [1.807, 2.05) is 52.8 Å². The number of aryl methyl sites for hydroxylation is 1. The topological polar surface area (TPSA) is 58.9 Å².